The van der Waals surface area contributed by atoms with Crippen LogP contribution >= 0.6 is 0 Å². The molecule has 5 nitrogen and oxygen atoms in total. The van der Waals surface area contributed by atoms with E-state index in [1.165, 1.54) is 0 Å². The zero-order valence-electron chi connectivity index (χ0n) is 8.68. The van der Waals surface area contributed by atoms with Crippen LogP contribution in [-0.4, -0.2) is 28.3 Å². The molecule has 80 valence electrons. The van der Waals surface area contributed by atoms with E-state index in [-0.39, 0.29) is 0 Å². The summed E-state index contributed by atoms with van der Waals surface area (Å²) < 4.78 is 6.86. The molecule has 0 unspecified atom stereocenters. The predicted molar refractivity (Wildman–Crippen MR) is 57.6 cm³/mol. The molecular formula is C10H14N4O. The molecule has 0 bridgehead atoms. The molecule has 0 radical (unpaired) electrons. The number of pyridine rings is 1. The lowest BCUT2D eigenvalue weighted by Gasteiger charge is -2.02. The average molecular weight is 206 g/mol. The van der Waals surface area contributed by atoms with E-state index in [1.54, 1.807) is 7.11 Å². The summed E-state index contributed by atoms with van der Waals surface area (Å²) in [5, 5.41) is 8.16. The highest BCUT2D eigenvalue weighted by Gasteiger charge is 2.06. The Morgan fingerprint density at radius 1 is 1.40 bits per heavy atom. The van der Waals surface area contributed by atoms with Gasteiger partial charge in [0.2, 0.25) is 0 Å². The Bertz CT molecular complexity index is 452. The van der Waals surface area contributed by atoms with Crippen molar-refractivity contribution in [1.82, 2.24) is 14.6 Å². The highest BCUT2D eigenvalue weighted by molar-refractivity contribution is 5.47. The topological polar surface area (TPSA) is 65.4 Å². The Morgan fingerprint density at radius 3 is 3.07 bits per heavy atom. The Kier molecular flexibility index (Phi) is 2.82. The Balaban J connectivity index is 2.27. The number of fused-ring (bicyclic) bond motifs is 1. The molecule has 0 saturated carbocycles. The summed E-state index contributed by atoms with van der Waals surface area (Å²) in [4.78, 5) is 0. The van der Waals surface area contributed by atoms with Crippen LogP contribution in [0.1, 0.15) is 12.2 Å². The maximum atomic E-state index is 5.86. The lowest BCUT2D eigenvalue weighted by Crippen LogP contribution is -2.02. The van der Waals surface area contributed by atoms with E-state index in [4.69, 9.17) is 10.5 Å². The van der Waals surface area contributed by atoms with Gasteiger partial charge in [-0.2, -0.15) is 0 Å². The minimum atomic E-state index is 0.671. The number of hydrogen-bond donors (Lipinski definition) is 1. The van der Waals surface area contributed by atoms with Gasteiger partial charge in [0, 0.05) is 20.1 Å². The monoisotopic (exact) mass is 206 g/mol. The summed E-state index contributed by atoms with van der Waals surface area (Å²) >= 11 is 0. The normalized spacial score (nSPS) is 11.0. The first-order valence-corrected chi connectivity index (χ1v) is 4.90. The molecule has 2 rings (SSSR count). The Hall–Kier alpha value is -1.62. The van der Waals surface area contributed by atoms with Gasteiger partial charge in [-0.05, 0) is 18.6 Å². The molecular weight excluding hydrogens is 192 g/mol. The fourth-order valence-electron chi connectivity index (χ4n) is 1.56. The van der Waals surface area contributed by atoms with E-state index in [9.17, 15) is 0 Å². The third-order valence-corrected chi connectivity index (χ3v) is 2.27. The van der Waals surface area contributed by atoms with Crippen molar-refractivity contribution in [1.29, 1.82) is 0 Å². The second kappa shape index (κ2) is 4.27. The fourth-order valence-corrected chi connectivity index (χ4v) is 1.56. The van der Waals surface area contributed by atoms with Gasteiger partial charge in [0.1, 0.15) is 11.6 Å². The lowest BCUT2D eigenvalue weighted by molar-refractivity contribution is 0.194. The van der Waals surface area contributed by atoms with E-state index in [2.05, 4.69) is 10.2 Å². The summed E-state index contributed by atoms with van der Waals surface area (Å²) in [5.74, 6) is 1.56. The first-order valence-electron chi connectivity index (χ1n) is 4.90. The second-order valence-electron chi connectivity index (χ2n) is 3.36. The summed E-state index contributed by atoms with van der Waals surface area (Å²) in [6.45, 7) is 0.724. The number of aromatic nitrogens is 3. The highest BCUT2D eigenvalue weighted by atomic mass is 16.5. The van der Waals surface area contributed by atoms with Crippen LogP contribution in [0.5, 0.6) is 0 Å². The number of anilines is 1. The van der Waals surface area contributed by atoms with Crippen molar-refractivity contribution >= 4 is 11.5 Å². The standard InChI is InChI=1S/C10H14N4O/c1-15-7-3-6-10-13-12-9-5-2-4-8(11)14(9)10/h2,4-5H,3,6-7,11H2,1H3. The summed E-state index contributed by atoms with van der Waals surface area (Å²) in [7, 11) is 1.69. The predicted octanol–water partition coefficient (Wildman–Crippen LogP) is 0.890. The highest BCUT2D eigenvalue weighted by Crippen LogP contribution is 2.11. The quantitative estimate of drug-likeness (QED) is 0.754. The van der Waals surface area contributed by atoms with Gasteiger partial charge in [-0.3, -0.25) is 4.40 Å². The maximum absolute atomic E-state index is 5.86. The molecule has 0 atom stereocenters. The van der Waals surface area contributed by atoms with Crippen LogP contribution < -0.4 is 5.73 Å². The van der Waals surface area contributed by atoms with Gasteiger partial charge in [-0.15, -0.1) is 10.2 Å². The number of hydrogen-bond acceptors (Lipinski definition) is 4. The van der Waals surface area contributed by atoms with Crippen LogP contribution in [0.4, 0.5) is 5.82 Å². The van der Waals surface area contributed by atoms with Gasteiger partial charge in [0.05, 0.1) is 0 Å². The van der Waals surface area contributed by atoms with Crippen molar-refractivity contribution in [2.75, 3.05) is 19.5 Å². The molecule has 15 heavy (non-hydrogen) atoms. The molecule has 2 N–H and O–H groups in total. The van der Waals surface area contributed by atoms with Crippen LogP contribution in [0, 0.1) is 0 Å². The molecule has 0 amide bonds. The molecule has 0 aliphatic carbocycles. The first-order chi connectivity index (χ1) is 7.33. The van der Waals surface area contributed by atoms with Crippen molar-refractivity contribution in [3.05, 3.63) is 24.0 Å². The van der Waals surface area contributed by atoms with E-state index >= 15 is 0 Å². The molecule has 2 heterocycles. The average Bonchev–Trinajstić information content (AvgIpc) is 2.63. The van der Waals surface area contributed by atoms with Crippen LogP contribution in [0.3, 0.4) is 0 Å². The van der Waals surface area contributed by atoms with Crippen LogP contribution in [-0.2, 0) is 11.2 Å². The van der Waals surface area contributed by atoms with Crippen molar-refractivity contribution in [3.63, 3.8) is 0 Å². The molecule has 0 aliphatic heterocycles. The summed E-state index contributed by atoms with van der Waals surface area (Å²) in [6, 6.07) is 5.61. The smallest absolute Gasteiger partial charge is 0.162 e. The van der Waals surface area contributed by atoms with E-state index in [0.717, 1.165) is 30.9 Å². The van der Waals surface area contributed by atoms with E-state index in [0.29, 0.717) is 5.82 Å². The molecule has 0 saturated heterocycles. The molecule has 0 aliphatic rings. The number of nitrogen functional groups attached to an aromatic ring is 1. The fraction of sp³-hybridized carbons (Fsp3) is 0.400. The van der Waals surface area contributed by atoms with Crippen molar-refractivity contribution < 1.29 is 4.74 Å². The molecule has 2 aromatic heterocycles. The number of rotatable bonds is 4. The Morgan fingerprint density at radius 2 is 2.27 bits per heavy atom. The largest absolute Gasteiger partial charge is 0.385 e. The number of methoxy groups -OCH3 is 1. The first kappa shape index (κ1) is 9.92. The maximum Gasteiger partial charge on any atom is 0.162 e. The third-order valence-electron chi connectivity index (χ3n) is 2.27. The van der Waals surface area contributed by atoms with Gasteiger partial charge >= 0.3 is 0 Å². The van der Waals surface area contributed by atoms with Crippen molar-refractivity contribution in [3.8, 4) is 0 Å². The zero-order valence-corrected chi connectivity index (χ0v) is 8.68. The van der Waals surface area contributed by atoms with Gasteiger partial charge in [-0.1, -0.05) is 6.07 Å². The van der Waals surface area contributed by atoms with Crippen LogP contribution in [0.2, 0.25) is 0 Å². The summed E-state index contributed by atoms with van der Waals surface area (Å²) in [6.07, 6.45) is 1.74. The number of nitrogens with zero attached hydrogens (tertiary/aromatic N) is 3. The van der Waals surface area contributed by atoms with Crippen LogP contribution in [0.15, 0.2) is 18.2 Å². The molecule has 0 fully saturated rings. The van der Waals surface area contributed by atoms with E-state index in [1.807, 2.05) is 22.6 Å². The molecule has 2 aromatic rings. The molecule has 0 aromatic carbocycles. The third kappa shape index (κ3) is 1.92. The second-order valence-corrected chi connectivity index (χ2v) is 3.36. The SMILES string of the molecule is COCCCc1nnc2cccc(N)n12. The van der Waals surface area contributed by atoms with E-state index < -0.39 is 0 Å². The zero-order chi connectivity index (χ0) is 10.7. The van der Waals surface area contributed by atoms with Crippen molar-refractivity contribution in [2.45, 2.75) is 12.8 Å². The molecule has 0 spiro atoms. The minimum Gasteiger partial charge on any atom is -0.385 e. The number of ether oxygens (including phenoxy) is 1. The minimum absolute atomic E-state index is 0.671. The number of nitrogens with two attached hydrogens (primary N) is 1. The Labute approximate surface area is 87.9 Å². The van der Waals surface area contributed by atoms with Gasteiger partial charge in [-0.25, -0.2) is 0 Å². The van der Waals surface area contributed by atoms with Crippen molar-refractivity contribution in [2.24, 2.45) is 0 Å². The summed E-state index contributed by atoms with van der Waals surface area (Å²) in [5.41, 5.74) is 6.65. The van der Waals surface area contributed by atoms with Gasteiger partial charge < -0.3 is 10.5 Å². The molecule has 5 heteroatoms. The lowest BCUT2D eigenvalue weighted by atomic mass is 10.3. The van der Waals surface area contributed by atoms with Gasteiger partial charge in [0.15, 0.2) is 5.65 Å². The van der Waals surface area contributed by atoms with Gasteiger partial charge in [0.25, 0.3) is 0 Å². The number of aryl methyl sites for hydroxylation is 1. The van der Waals surface area contributed by atoms with Crippen LogP contribution in [0.25, 0.3) is 5.65 Å².